The van der Waals surface area contributed by atoms with E-state index in [0.29, 0.717) is 30.9 Å². The van der Waals surface area contributed by atoms with Crippen LogP contribution < -0.4 is 9.46 Å². The average molecular weight is 473 g/mol. The van der Waals surface area contributed by atoms with Gasteiger partial charge >= 0.3 is 0 Å². The molecular weight excluding hydrogens is 444 g/mol. The van der Waals surface area contributed by atoms with Gasteiger partial charge in [0.25, 0.3) is 0 Å². The molecule has 4 atom stereocenters. The van der Waals surface area contributed by atoms with E-state index in [1.54, 1.807) is 18.2 Å². The number of rotatable bonds is 5. The number of benzene rings is 2. The Kier molecular flexibility index (Phi) is 5.80. The number of carbonyl (C=O) groups is 1. The van der Waals surface area contributed by atoms with E-state index in [-0.39, 0.29) is 37.1 Å². The lowest BCUT2D eigenvalue weighted by atomic mass is 9.84. The van der Waals surface area contributed by atoms with Crippen LogP contribution in [0, 0.1) is 0 Å². The second-order valence-electron chi connectivity index (χ2n) is 9.07. The lowest BCUT2D eigenvalue weighted by Crippen LogP contribution is -2.48. The molecule has 2 aromatic carbocycles. The Morgan fingerprint density at radius 2 is 2.00 bits per heavy atom. The standard InChI is InChI=1S/C24H28N2O6S/c1-33(29,30)25-17-6-7-21-19(10-17)20-11-18(31-22(14-27)24(20)32-21)12-23(28)26-9-8-15-4-2-3-5-16(15)13-26/h2-7,10,18,20,22,24-25,27H,8-9,11-14H2,1H3/t18-,20-,22+,24+/m1/s1. The van der Waals surface area contributed by atoms with E-state index in [9.17, 15) is 18.3 Å². The zero-order chi connectivity index (χ0) is 23.2. The lowest BCUT2D eigenvalue weighted by molar-refractivity contribution is -0.149. The Labute approximate surface area is 193 Å². The van der Waals surface area contributed by atoms with E-state index in [4.69, 9.17) is 9.47 Å². The van der Waals surface area contributed by atoms with Crippen molar-refractivity contribution < 1.29 is 27.8 Å². The Balaban J connectivity index is 1.31. The fraction of sp³-hybridized carbons (Fsp3) is 0.458. The van der Waals surface area contributed by atoms with Crippen molar-refractivity contribution in [1.29, 1.82) is 0 Å². The molecule has 1 amide bonds. The normalized spacial score (nSPS) is 26.1. The summed E-state index contributed by atoms with van der Waals surface area (Å²) < 4.78 is 37.9. The van der Waals surface area contributed by atoms with Crippen LogP contribution >= 0.6 is 0 Å². The van der Waals surface area contributed by atoms with Crippen LogP contribution in [0.4, 0.5) is 5.69 Å². The van der Waals surface area contributed by atoms with Gasteiger partial charge in [-0.25, -0.2) is 8.42 Å². The highest BCUT2D eigenvalue weighted by molar-refractivity contribution is 7.92. The third-order valence-corrected chi connectivity index (χ3v) is 7.29. The first-order valence-electron chi connectivity index (χ1n) is 11.2. The summed E-state index contributed by atoms with van der Waals surface area (Å²) in [7, 11) is -3.41. The summed E-state index contributed by atoms with van der Waals surface area (Å²) in [4.78, 5) is 15.0. The van der Waals surface area contributed by atoms with Crippen molar-refractivity contribution >= 4 is 21.6 Å². The van der Waals surface area contributed by atoms with Gasteiger partial charge in [-0.15, -0.1) is 0 Å². The molecule has 5 rings (SSSR count). The summed E-state index contributed by atoms with van der Waals surface area (Å²) in [6, 6.07) is 13.4. The van der Waals surface area contributed by atoms with Gasteiger partial charge in [0.1, 0.15) is 18.0 Å². The number of sulfonamides is 1. The van der Waals surface area contributed by atoms with Crippen molar-refractivity contribution in [2.75, 3.05) is 24.1 Å². The van der Waals surface area contributed by atoms with Crippen molar-refractivity contribution in [3.63, 3.8) is 0 Å². The van der Waals surface area contributed by atoms with E-state index in [2.05, 4.69) is 16.9 Å². The summed E-state index contributed by atoms with van der Waals surface area (Å²) in [5, 5.41) is 9.94. The highest BCUT2D eigenvalue weighted by Gasteiger charge is 2.46. The highest BCUT2D eigenvalue weighted by atomic mass is 32.2. The monoisotopic (exact) mass is 472 g/mol. The molecule has 33 heavy (non-hydrogen) atoms. The maximum atomic E-state index is 13.1. The largest absolute Gasteiger partial charge is 0.487 e. The second kappa shape index (κ2) is 8.62. The van der Waals surface area contributed by atoms with Crippen LogP contribution in [0.5, 0.6) is 5.75 Å². The molecule has 1 saturated heterocycles. The molecule has 9 heteroatoms. The predicted molar refractivity (Wildman–Crippen MR) is 123 cm³/mol. The molecule has 1 fully saturated rings. The lowest BCUT2D eigenvalue weighted by Gasteiger charge is -2.38. The van der Waals surface area contributed by atoms with Gasteiger partial charge in [0.15, 0.2) is 0 Å². The molecule has 3 heterocycles. The molecule has 0 bridgehead atoms. The minimum absolute atomic E-state index is 0.0382. The smallest absolute Gasteiger partial charge is 0.229 e. The van der Waals surface area contributed by atoms with Gasteiger partial charge in [-0.2, -0.15) is 0 Å². The predicted octanol–water partition coefficient (Wildman–Crippen LogP) is 2.03. The number of fused-ring (bicyclic) bond motifs is 4. The summed E-state index contributed by atoms with van der Waals surface area (Å²) in [6.45, 7) is 1.07. The van der Waals surface area contributed by atoms with Gasteiger partial charge in [-0.1, -0.05) is 24.3 Å². The zero-order valence-corrected chi connectivity index (χ0v) is 19.3. The van der Waals surface area contributed by atoms with Gasteiger partial charge in [0.05, 0.1) is 25.4 Å². The van der Waals surface area contributed by atoms with Crippen LogP contribution in [-0.2, 0) is 32.5 Å². The van der Waals surface area contributed by atoms with Crippen LogP contribution in [0.3, 0.4) is 0 Å². The molecule has 3 aliphatic rings. The number of aliphatic hydroxyl groups excluding tert-OH is 1. The number of ether oxygens (including phenoxy) is 2. The first-order chi connectivity index (χ1) is 15.8. The fourth-order valence-corrected chi connectivity index (χ4v) is 5.75. The number of hydrogen-bond acceptors (Lipinski definition) is 6. The molecule has 3 aliphatic heterocycles. The Morgan fingerprint density at radius 1 is 1.21 bits per heavy atom. The van der Waals surface area contributed by atoms with Crippen LogP contribution in [0.15, 0.2) is 42.5 Å². The summed E-state index contributed by atoms with van der Waals surface area (Å²) >= 11 is 0. The number of amides is 1. The molecule has 2 N–H and O–H groups in total. The van der Waals surface area contributed by atoms with Crippen LogP contribution in [0.1, 0.15) is 35.4 Å². The van der Waals surface area contributed by atoms with E-state index in [1.165, 1.54) is 11.1 Å². The number of anilines is 1. The summed E-state index contributed by atoms with van der Waals surface area (Å²) in [5.74, 6) is 0.606. The Bertz CT molecular complexity index is 1170. The van der Waals surface area contributed by atoms with E-state index < -0.39 is 16.1 Å². The van der Waals surface area contributed by atoms with Crippen LogP contribution in [0.25, 0.3) is 0 Å². The van der Waals surface area contributed by atoms with Crippen LogP contribution in [-0.4, -0.2) is 62.1 Å². The molecule has 0 spiro atoms. The molecule has 0 unspecified atom stereocenters. The molecule has 0 radical (unpaired) electrons. The fourth-order valence-electron chi connectivity index (χ4n) is 5.20. The van der Waals surface area contributed by atoms with Crippen molar-refractivity contribution in [1.82, 2.24) is 4.90 Å². The third kappa shape index (κ3) is 4.58. The minimum Gasteiger partial charge on any atom is -0.487 e. The molecule has 0 aliphatic carbocycles. The third-order valence-electron chi connectivity index (χ3n) is 6.69. The number of nitrogens with zero attached hydrogens (tertiary/aromatic N) is 1. The van der Waals surface area contributed by atoms with Gasteiger partial charge in [-0.3, -0.25) is 9.52 Å². The molecule has 176 valence electrons. The number of nitrogens with one attached hydrogen (secondary N) is 1. The van der Waals surface area contributed by atoms with Crippen molar-refractivity contribution in [3.05, 3.63) is 59.2 Å². The molecule has 0 aromatic heterocycles. The van der Waals surface area contributed by atoms with Gasteiger partial charge in [-0.05, 0) is 42.2 Å². The first-order valence-corrected chi connectivity index (χ1v) is 13.1. The number of hydrogen-bond donors (Lipinski definition) is 2. The van der Waals surface area contributed by atoms with Gasteiger partial charge < -0.3 is 19.5 Å². The minimum atomic E-state index is -3.41. The number of aliphatic hydroxyl groups is 1. The van der Waals surface area contributed by atoms with Crippen molar-refractivity contribution in [2.24, 2.45) is 0 Å². The van der Waals surface area contributed by atoms with Crippen molar-refractivity contribution in [3.8, 4) is 5.75 Å². The SMILES string of the molecule is CS(=O)(=O)Nc1ccc2c(c1)[C@H]1C[C@H](CC(=O)N3CCc4ccccc4C3)O[C@@H](CO)[C@H]1O2. The maximum absolute atomic E-state index is 13.1. The topological polar surface area (TPSA) is 105 Å². The van der Waals surface area contributed by atoms with E-state index >= 15 is 0 Å². The maximum Gasteiger partial charge on any atom is 0.229 e. The second-order valence-corrected chi connectivity index (χ2v) is 10.8. The molecular formula is C24H28N2O6S. The molecule has 2 aromatic rings. The first kappa shape index (κ1) is 22.2. The zero-order valence-electron chi connectivity index (χ0n) is 18.4. The summed E-state index contributed by atoms with van der Waals surface area (Å²) in [6.07, 6.45) is 1.47. The highest BCUT2D eigenvalue weighted by Crippen LogP contribution is 2.47. The Hall–Kier alpha value is -2.62. The quantitative estimate of drug-likeness (QED) is 0.690. The Morgan fingerprint density at radius 3 is 2.76 bits per heavy atom. The van der Waals surface area contributed by atoms with E-state index in [1.807, 2.05) is 17.0 Å². The number of carbonyl (C=O) groups excluding carboxylic acids is 1. The summed E-state index contributed by atoms with van der Waals surface area (Å²) in [5.41, 5.74) is 3.81. The van der Waals surface area contributed by atoms with E-state index in [0.717, 1.165) is 18.2 Å². The van der Waals surface area contributed by atoms with Crippen molar-refractivity contribution in [2.45, 2.75) is 50.0 Å². The molecule has 0 saturated carbocycles. The molecule has 8 nitrogen and oxygen atoms in total. The van der Waals surface area contributed by atoms with Crippen LogP contribution in [0.2, 0.25) is 0 Å². The van der Waals surface area contributed by atoms with Gasteiger partial charge in [0, 0.05) is 30.3 Å². The van der Waals surface area contributed by atoms with Gasteiger partial charge in [0.2, 0.25) is 15.9 Å². The average Bonchev–Trinajstić information content (AvgIpc) is 3.15.